The van der Waals surface area contributed by atoms with Crippen LogP contribution >= 0.6 is 11.8 Å². The Hall–Kier alpha value is -1.85. The molecule has 7 N–H and O–H groups in total. The summed E-state index contributed by atoms with van der Waals surface area (Å²) in [7, 11) is 0. The van der Waals surface area contributed by atoms with Crippen LogP contribution < -0.4 is 21.7 Å². The van der Waals surface area contributed by atoms with Crippen LogP contribution in [0.2, 0.25) is 0 Å². The van der Waals surface area contributed by atoms with E-state index in [0.717, 1.165) is 0 Å². The van der Waals surface area contributed by atoms with Crippen molar-refractivity contribution >= 4 is 35.5 Å². The number of aliphatic hydroxyl groups excluding tert-OH is 1. The molecule has 0 radical (unpaired) electrons. The average Bonchev–Trinajstić information content (AvgIpc) is 2.71. The van der Waals surface area contributed by atoms with E-state index in [4.69, 9.17) is 5.73 Å². The minimum absolute atomic E-state index is 0.0129. The van der Waals surface area contributed by atoms with E-state index in [1.807, 2.05) is 34.0 Å². The SMILES string of the molecule is CCC(C)C(N)C(=O)NC(CCSC)C(=O)NC(CC(C)C)C(=O)NC(C(=O)O)C(C)O. The zero-order valence-electron chi connectivity index (χ0n) is 19.9. The largest absolute Gasteiger partial charge is 0.480 e. The van der Waals surface area contributed by atoms with E-state index < -0.39 is 54.0 Å². The Balaban J connectivity index is 5.49. The van der Waals surface area contributed by atoms with Gasteiger partial charge in [0.25, 0.3) is 0 Å². The quantitative estimate of drug-likeness (QED) is 0.193. The molecule has 186 valence electrons. The summed E-state index contributed by atoms with van der Waals surface area (Å²) in [4.78, 5) is 49.5. The highest BCUT2D eigenvalue weighted by molar-refractivity contribution is 7.98. The number of hydrogen-bond donors (Lipinski definition) is 6. The Kier molecular flexibility index (Phi) is 14.2. The van der Waals surface area contributed by atoms with Crippen LogP contribution in [0.1, 0.15) is 53.9 Å². The standard InChI is InChI=1S/C21H40N4O6S/c1-7-12(4)16(22)20(29)23-14(8-9-32-6)18(27)24-15(10-11(2)3)19(28)25-17(13(5)26)21(30)31/h11-17,26H,7-10,22H2,1-6H3,(H,23,29)(H,24,27)(H,25,28)(H,30,31). The first-order valence-electron chi connectivity index (χ1n) is 10.9. The maximum atomic E-state index is 13.0. The molecular weight excluding hydrogens is 436 g/mol. The van der Waals surface area contributed by atoms with Gasteiger partial charge in [0.1, 0.15) is 12.1 Å². The van der Waals surface area contributed by atoms with Crippen LogP contribution in [0, 0.1) is 11.8 Å². The average molecular weight is 477 g/mol. The van der Waals surface area contributed by atoms with Gasteiger partial charge in [-0.25, -0.2) is 4.79 Å². The van der Waals surface area contributed by atoms with Gasteiger partial charge >= 0.3 is 5.97 Å². The third-order valence-electron chi connectivity index (χ3n) is 5.19. The van der Waals surface area contributed by atoms with Crippen LogP contribution in [0.3, 0.4) is 0 Å². The Morgan fingerprint density at radius 1 is 0.938 bits per heavy atom. The number of nitrogens with two attached hydrogens (primary N) is 1. The Labute approximate surface area is 194 Å². The lowest BCUT2D eigenvalue weighted by Gasteiger charge is -2.27. The lowest BCUT2D eigenvalue weighted by atomic mass is 9.98. The fraction of sp³-hybridized carbons (Fsp3) is 0.810. The molecule has 0 rings (SSSR count). The first-order chi connectivity index (χ1) is 14.8. The summed E-state index contributed by atoms with van der Waals surface area (Å²) in [6, 6.07) is -4.18. The number of aliphatic hydroxyl groups is 1. The summed E-state index contributed by atoms with van der Waals surface area (Å²) in [5.41, 5.74) is 5.98. The van der Waals surface area contributed by atoms with E-state index in [-0.39, 0.29) is 18.3 Å². The van der Waals surface area contributed by atoms with Gasteiger partial charge in [-0.3, -0.25) is 14.4 Å². The molecule has 0 fully saturated rings. The Bertz CT molecular complexity index is 631. The summed E-state index contributed by atoms with van der Waals surface area (Å²) in [5, 5.41) is 26.4. The zero-order chi connectivity index (χ0) is 25.0. The van der Waals surface area contributed by atoms with Crippen molar-refractivity contribution in [2.45, 2.75) is 84.2 Å². The molecule has 0 bridgehead atoms. The predicted octanol–water partition coefficient (Wildman–Crippen LogP) is 0.0788. The van der Waals surface area contributed by atoms with Gasteiger partial charge < -0.3 is 31.9 Å². The third kappa shape index (κ3) is 10.6. The monoisotopic (exact) mass is 476 g/mol. The number of nitrogens with one attached hydrogen (secondary N) is 3. The summed E-state index contributed by atoms with van der Waals surface area (Å²) in [6.45, 7) is 8.74. The number of rotatable bonds is 15. The van der Waals surface area contributed by atoms with Gasteiger partial charge in [-0.15, -0.1) is 0 Å². The summed E-state index contributed by atoms with van der Waals surface area (Å²) >= 11 is 1.51. The molecule has 10 nitrogen and oxygen atoms in total. The topological polar surface area (TPSA) is 171 Å². The third-order valence-corrected chi connectivity index (χ3v) is 5.83. The van der Waals surface area contributed by atoms with Gasteiger partial charge in [-0.05, 0) is 43.6 Å². The second-order valence-electron chi connectivity index (χ2n) is 8.51. The molecule has 3 amide bonds. The number of carboxylic acid groups (broad SMARTS) is 1. The van der Waals surface area contributed by atoms with Gasteiger partial charge in [0, 0.05) is 0 Å². The highest BCUT2D eigenvalue weighted by Gasteiger charge is 2.32. The van der Waals surface area contributed by atoms with E-state index in [2.05, 4.69) is 16.0 Å². The second-order valence-corrected chi connectivity index (χ2v) is 9.50. The molecule has 0 aromatic heterocycles. The molecule has 0 aromatic carbocycles. The van der Waals surface area contributed by atoms with Crippen molar-refractivity contribution in [3.63, 3.8) is 0 Å². The number of carbonyl (C=O) groups is 4. The van der Waals surface area contributed by atoms with Crippen molar-refractivity contribution in [1.82, 2.24) is 16.0 Å². The molecule has 11 heteroatoms. The predicted molar refractivity (Wildman–Crippen MR) is 125 cm³/mol. The highest BCUT2D eigenvalue weighted by atomic mass is 32.2. The molecule has 0 aliphatic rings. The van der Waals surface area contributed by atoms with Crippen LogP contribution in [0.25, 0.3) is 0 Å². The van der Waals surface area contributed by atoms with E-state index in [1.165, 1.54) is 18.7 Å². The number of thioether (sulfide) groups is 1. The molecule has 0 aromatic rings. The van der Waals surface area contributed by atoms with Gasteiger partial charge in [-0.2, -0.15) is 11.8 Å². The van der Waals surface area contributed by atoms with Gasteiger partial charge in [0.05, 0.1) is 12.1 Å². The van der Waals surface area contributed by atoms with E-state index >= 15 is 0 Å². The van der Waals surface area contributed by atoms with E-state index in [9.17, 15) is 29.4 Å². The molecular formula is C21H40N4O6S. The maximum absolute atomic E-state index is 13.0. The van der Waals surface area contributed by atoms with Crippen molar-refractivity contribution in [3.8, 4) is 0 Å². The van der Waals surface area contributed by atoms with Gasteiger partial charge in [0.2, 0.25) is 17.7 Å². The Morgan fingerprint density at radius 2 is 1.47 bits per heavy atom. The number of amides is 3. The first kappa shape index (κ1) is 30.1. The molecule has 0 aliphatic heterocycles. The lowest BCUT2D eigenvalue weighted by Crippen LogP contribution is -2.58. The van der Waals surface area contributed by atoms with Gasteiger partial charge in [0.15, 0.2) is 6.04 Å². The van der Waals surface area contributed by atoms with Crippen molar-refractivity contribution in [3.05, 3.63) is 0 Å². The summed E-state index contributed by atoms with van der Waals surface area (Å²) in [5.74, 6) is -2.54. The molecule has 0 heterocycles. The number of aliphatic carboxylic acids is 1. The van der Waals surface area contributed by atoms with Crippen molar-refractivity contribution in [1.29, 1.82) is 0 Å². The van der Waals surface area contributed by atoms with Crippen molar-refractivity contribution in [2.75, 3.05) is 12.0 Å². The maximum Gasteiger partial charge on any atom is 0.328 e. The van der Waals surface area contributed by atoms with Crippen LogP contribution in [-0.4, -0.2) is 76.2 Å². The highest BCUT2D eigenvalue weighted by Crippen LogP contribution is 2.10. The lowest BCUT2D eigenvalue weighted by molar-refractivity contribution is -0.145. The van der Waals surface area contributed by atoms with Crippen molar-refractivity contribution in [2.24, 2.45) is 17.6 Å². The van der Waals surface area contributed by atoms with Crippen LogP contribution in [0.15, 0.2) is 0 Å². The van der Waals surface area contributed by atoms with Crippen LogP contribution in [0.4, 0.5) is 0 Å². The molecule has 32 heavy (non-hydrogen) atoms. The summed E-state index contributed by atoms with van der Waals surface area (Å²) in [6.07, 6.45) is 1.86. The number of hydrogen-bond acceptors (Lipinski definition) is 7. The Morgan fingerprint density at radius 3 is 1.91 bits per heavy atom. The number of carbonyl (C=O) groups excluding carboxylic acids is 3. The normalized spacial score (nSPS) is 16.9. The minimum Gasteiger partial charge on any atom is -0.480 e. The second kappa shape index (κ2) is 15.1. The van der Waals surface area contributed by atoms with E-state index in [0.29, 0.717) is 18.6 Å². The molecule has 0 saturated carbocycles. The van der Waals surface area contributed by atoms with Gasteiger partial charge in [-0.1, -0.05) is 34.1 Å². The molecule has 0 aliphatic carbocycles. The fourth-order valence-electron chi connectivity index (χ4n) is 2.90. The molecule has 0 spiro atoms. The minimum atomic E-state index is -1.51. The smallest absolute Gasteiger partial charge is 0.328 e. The van der Waals surface area contributed by atoms with Crippen LogP contribution in [0.5, 0.6) is 0 Å². The fourth-order valence-corrected chi connectivity index (χ4v) is 3.37. The first-order valence-corrected chi connectivity index (χ1v) is 12.3. The van der Waals surface area contributed by atoms with Crippen LogP contribution in [-0.2, 0) is 19.2 Å². The van der Waals surface area contributed by atoms with E-state index in [1.54, 1.807) is 0 Å². The molecule has 6 unspecified atom stereocenters. The summed E-state index contributed by atoms with van der Waals surface area (Å²) < 4.78 is 0. The van der Waals surface area contributed by atoms with Crippen molar-refractivity contribution < 1.29 is 29.4 Å². The molecule has 6 atom stereocenters. The zero-order valence-corrected chi connectivity index (χ0v) is 20.7. The number of carboxylic acids is 1. The molecule has 0 saturated heterocycles.